The smallest absolute Gasteiger partial charge is 0.267 e. The van der Waals surface area contributed by atoms with E-state index >= 15 is 0 Å². The Hall–Kier alpha value is -3.58. The fraction of sp³-hybridized carbons (Fsp3) is 0.167. The first-order valence-corrected chi connectivity index (χ1v) is 10.6. The maximum atomic E-state index is 12.8. The summed E-state index contributed by atoms with van der Waals surface area (Å²) in [4.78, 5) is 26.2. The largest absolute Gasteiger partial charge is 0.493 e. The van der Waals surface area contributed by atoms with Gasteiger partial charge in [0.15, 0.2) is 11.5 Å². The number of para-hydroxylation sites is 2. The predicted octanol–water partition coefficient (Wildman–Crippen LogP) is 4.03. The number of thiophene rings is 1. The fourth-order valence-electron chi connectivity index (χ4n) is 2.73. The van der Waals surface area contributed by atoms with Gasteiger partial charge in [0.1, 0.15) is 12.3 Å². The lowest BCUT2D eigenvalue weighted by Crippen LogP contribution is -2.36. The number of ether oxygens (including phenoxy) is 2. The second-order valence-corrected chi connectivity index (χ2v) is 7.63. The number of nitrogens with one attached hydrogen (secondary N) is 2. The van der Waals surface area contributed by atoms with E-state index in [0.717, 1.165) is 10.4 Å². The summed E-state index contributed by atoms with van der Waals surface area (Å²) >= 11 is 1.48. The molecule has 0 unspecified atom stereocenters. The number of benzene rings is 2. The third-order valence-corrected chi connectivity index (χ3v) is 5.17. The number of rotatable bonds is 9. The van der Waals surface area contributed by atoms with Gasteiger partial charge >= 0.3 is 0 Å². The second kappa shape index (κ2) is 11.0. The van der Waals surface area contributed by atoms with E-state index < -0.39 is 5.91 Å². The highest BCUT2D eigenvalue weighted by atomic mass is 32.1. The van der Waals surface area contributed by atoms with Gasteiger partial charge in [-0.25, -0.2) is 0 Å². The molecule has 1 heterocycles. The average Bonchev–Trinajstić information content (AvgIpc) is 3.30. The van der Waals surface area contributed by atoms with Crippen molar-refractivity contribution in [2.24, 2.45) is 0 Å². The molecule has 0 spiro atoms. The topological polar surface area (TPSA) is 76.7 Å². The van der Waals surface area contributed by atoms with E-state index in [-0.39, 0.29) is 24.8 Å². The molecular formula is C24H24N2O4S. The van der Waals surface area contributed by atoms with E-state index in [9.17, 15) is 9.59 Å². The van der Waals surface area contributed by atoms with E-state index in [1.807, 2.05) is 48.7 Å². The van der Waals surface area contributed by atoms with Gasteiger partial charge in [0, 0.05) is 10.4 Å². The zero-order chi connectivity index (χ0) is 22.1. The molecule has 160 valence electrons. The number of amides is 2. The monoisotopic (exact) mass is 436 g/mol. The number of carbonyl (C=O) groups excluding carboxylic acids is 2. The van der Waals surface area contributed by atoms with Gasteiger partial charge < -0.3 is 20.1 Å². The first kappa shape index (κ1) is 22.1. The van der Waals surface area contributed by atoms with Crippen molar-refractivity contribution in [3.05, 3.63) is 87.7 Å². The van der Waals surface area contributed by atoms with Gasteiger partial charge in [-0.2, -0.15) is 0 Å². The molecule has 0 aliphatic carbocycles. The lowest BCUT2D eigenvalue weighted by atomic mass is 10.1. The highest BCUT2D eigenvalue weighted by Gasteiger charge is 2.15. The van der Waals surface area contributed by atoms with Gasteiger partial charge in [-0.15, -0.1) is 11.3 Å². The molecule has 0 aliphatic heterocycles. The summed E-state index contributed by atoms with van der Waals surface area (Å²) in [5.74, 6) is 0.486. The van der Waals surface area contributed by atoms with E-state index in [0.29, 0.717) is 17.1 Å². The summed E-state index contributed by atoms with van der Waals surface area (Å²) in [7, 11) is 1.57. The van der Waals surface area contributed by atoms with E-state index in [1.165, 1.54) is 11.3 Å². The molecule has 0 aliphatic rings. The minimum Gasteiger partial charge on any atom is -0.493 e. The van der Waals surface area contributed by atoms with Gasteiger partial charge in [-0.3, -0.25) is 9.59 Å². The van der Waals surface area contributed by atoms with Crippen molar-refractivity contribution in [2.75, 3.05) is 20.3 Å². The van der Waals surface area contributed by atoms with Crippen LogP contribution in [0.1, 0.15) is 20.8 Å². The second-order valence-electron chi connectivity index (χ2n) is 6.65. The van der Waals surface area contributed by atoms with Gasteiger partial charge in [-0.1, -0.05) is 35.9 Å². The molecular weight excluding hydrogens is 412 g/mol. The minimum absolute atomic E-state index is 0.172. The first-order chi connectivity index (χ1) is 15.1. The Bertz CT molecular complexity index is 1040. The van der Waals surface area contributed by atoms with Crippen LogP contribution in [0, 0.1) is 6.92 Å². The minimum atomic E-state index is -0.391. The van der Waals surface area contributed by atoms with Crippen LogP contribution in [-0.2, 0) is 4.79 Å². The molecule has 2 aromatic carbocycles. The van der Waals surface area contributed by atoms with Crippen molar-refractivity contribution in [1.29, 1.82) is 0 Å². The quantitative estimate of drug-likeness (QED) is 0.392. The molecule has 2 N–H and O–H groups in total. The van der Waals surface area contributed by atoms with Crippen molar-refractivity contribution in [3.8, 4) is 11.5 Å². The van der Waals surface area contributed by atoms with Gasteiger partial charge in [0.25, 0.3) is 11.8 Å². The molecule has 1 aromatic heterocycles. The SMILES string of the molecule is COc1ccccc1OCCNC(=O)/C(=C/c1cccs1)NC(=O)c1ccc(C)cc1. The summed E-state index contributed by atoms with van der Waals surface area (Å²) in [6.07, 6.45) is 1.66. The normalized spacial score (nSPS) is 11.0. The number of carbonyl (C=O) groups is 2. The molecule has 0 saturated carbocycles. The Kier molecular flexibility index (Phi) is 7.84. The van der Waals surface area contributed by atoms with Gasteiger partial charge in [0.2, 0.25) is 0 Å². The third kappa shape index (κ3) is 6.45. The maximum Gasteiger partial charge on any atom is 0.267 e. The molecule has 0 saturated heterocycles. The highest BCUT2D eigenvalue weighted by molar-refractivity contribution is 7.10. The first-order valence-electron chi connectivity index (χ1n) is 9.74. The average molecular weight is 437 g/mol. The summed E-state index contributed by atoms with van der Waals surface area (Å²) < 4.78 is 10.9. The molecule has 7 heteroatoms. The molecule has 0 atom stereocenters. The Morgan fingerprint density at radius 3 is 2.42 bits per heavy atom. The Morgan fingerprint density at radius 1 is 1.00 bits per heavy atom. The molecule has 6 nitrogen and oxygen atoms in total. The molecule has 0 radical (unpaired) electrons. The number of hydrogen-bond acceptors (Lipinski definition) is 5. The summed E-state index contributed by atoms with van der Waals surface area (Å²) in [5, 5.41) is 7.42. The van der Waals surface area contributed by atoms with E-state index in [1.54, 1.807) is 37.5 Å². The van der Waals surface area contributed by atoms with Crippen molar-refractivity contribution < 1.29 is 19.1 Å². The summed E-state index contributed by atoms with van der Waals surface area (Å²) in [6.45, 7) is 2.47. The van der Waals surface area contributed by atoms with Crippen LogP contribution >= 0.6 is 11.3 Å². The predicted molar refractivity (Wildman–Crippen MR) is 122 cm³/mol. The summed E-state index contributed by atoms with van der Waals surface area (Å²) in [5.41, 5.74) is 1.71. The van der Waals surface area contributed by atoms with Crippen molar-refractivity contribution in [2.45, 2.75) is 6.92 Å². The molecule has 3 aromatic rings. The van der Waals surface area contributed by atoms with Gasteiger partial charge in [-0.05, 0) is 48.7 Å². The van der Waals surface area contributed by atoms with Crippen LogP contribution in [0.15, 0.2) is 71.7 Å². The zero-order valence-corrected chi connectivity index (χ0v) is 18.2. The standard InChI is InChI=1S/C24H24N2O4S/c1-17-9-11-18(12-10-17)23(27)26-20(16-19-6-5-15-31-19)24(28)25-13-14-30-22-8-4-3-7-21(22)29-2/h3-12,15-16H,13-14H2,1-2H3,(H,25,28)(H,26,27)/b20-16-. The van der Waals surface area contributed by atoms with Crippen LogP contribution in [-0.4, -0.2) is 32.1 Å². The highest BCUT2D eigenvalue weighted by Crippen LogP contribution is 2.25. The van der Waals surface area contributed by atoms with Crippen LogP contribution in [0.25, 0.3) is 6.08 Å². The molecule has 0 fully saturated rings. The lowest BCUT2D eigenvalue weighted by molar-refractivity contribution is -0.117. The molecule has 31 heavy (non-hydrogen) atoms. The molecule has 2 amide bonds. The maximum absolute atomic E-state index is 12.8. The Balaban J connectivity index is 1.62. The summed E-state index contributed by atoms with van der Waals surface area (Å²) in [6, 6.07) is 18.2. The van der Waals surface area contributed by atoms with Crippen molar-refractivity contribution in [1.82, 2.24) is 10.6 Å². The Labute approximate surface area is 185 Å². The van der Waals surface area contributed by atoms with Crippen LogP contribution in [0.3, 0.4) is 0 Å². The van der Waals surface area contributed by atoms with Crippen LogP contribution in [0.5, 0.6) is 11.5 Å². The third-order valence-electron chi connectivity index (χ3n) is 4.35. The van der Waals surface area contributed by atoms with E-state index in [2.05, 4.69) is 10.6 Å². The van der Waals surface area contributed by atoms with Crippen LogP contribution in [0.4, 0.5) is 0 Å². The number of hydrogen-bond donors (Lipinski definition) is 2. The fourth-order valence-corrected chi connectivity index (χ4v) is 3.39. The Morgan fingerprint density at radius 2 is 1.74 bits per heavy atom. The zero-order valence-electron chi connectivity index (χ0n) is 17.4. The molecule has 0 bridgehead atoms. The van der Waals surface area contributed by atoms with Gasteiger partial charge in [0.05, 0.1) is 13.7 Å². The van der Waals surface area contributed by atoms with E-state index in [4.69, 9.17) is 9.47 Å². The van der Waals surface area contributed by atoms with Crippen molar-refractivity contribution >= 4 is 29.2 Å². The molecule has 3 rings (SSSR count). The lowest BCUT2D eigenvalue weighted by Gasteiger charge is -2.13. The van der Waals surface area contributed by atoms with Crippen molar-refractivity contribution in [3.63, 3.8) is 0 Å². The van der Waals surface area contributed by atoms with Crippen LogP contribution < -0.4 is 20.1 Å². The van der Waals surface area contributed by atoms with Crippen LogP contribution in [0.2, 0.25) is 0 Å². The number of aryl methyl sites for hydroxylation is 1. The number of methoxy groups -OCH3 is 1.